The molecule has 1 atom stereocenters. The molecular formula is C23H30N6O. The van der Waals surface area contributed by atoms with Gasteiger partial charge in [0, 0.05) is 75.2 Å². The number of nitrogens with zero attached hydrogens (tertiary/aromatic N) is 6. The molecule has 7 heteroatoms. The average molecular weight is 407 g/mol. The molecule has 0 aliphatic carbocycles. The van der Waals surface area contributed by atoms with E-state index in [4.69, 9.17) is 0 Å². The molecule has 1 N–H and O–H groups in total. The lowest BCUT2D eigenvalue weighted by molar-refractivity contribution is 0.205. The maximum Gasteiger partial charge on any atom is 0.142 e. The Morgan fingerprint density at radius 3 is 2.67 bits per heavy atom. The first kappa shape index (κ1) is 20.4. The van der Waals surface area contributed by atoms with Gasteiger partial charge in [-0.2, -0.15) is 5.10 Å². The number of para-hydroxylation sites is 1. The summed E-state index contributed by atoms with van der Waals surface area (Å²) in [6.45, 7) is 11.3. The van der Waals surface area contributed by atoms with Gasteiger partial charge in [0.05, 0.1) is 12.2 Å². The van der Waals surface area contributed by atoms with Gasteiger partial charge in [-0.05, 0) is 13.0 Å². The molecule has 0 saturated carbocycles. The van der Waals surface area contributed by atoms with Crippen LogP contribution in [0.2, 0.25) is 0 Å². The van der Waals surface area contributed by atoms with Crippen LogP contribution in [-0.4, -0.2) is 55.5 Å². The Bertz CT molecular complexity index is 999. The van der Waals surface area contributed by atoms with Gasteiger partial charge in [0.15, 0.2) is 0 Å². The van der Waals surface area contributed by atoms with Gasteiger partial charge in [0.25, 0.3) is 0 Å². The summed E-state index contributed by atoms with van der Waals surface area (Å²) in [4.78, 5) is 9.17. The van der Waals surface area contributed by atoms with Crippen molar-refractivity contribution in [3.05, 3.63) is 78.2 Å². The predicted octanol–water partition coefficient (Wildman–Crippen LogP) is 2.51. The highest BCUT2D eigenvalue weighted by molar-refractivity contribution is 5.56. The van der Waals surface area contributed by atoms with Crippen LogP contribution in [0, 0.1) is 6.92 Å². The zero-order valence-electron chi connectivity index (χ0n) is 17.8. The molecule has 0 amide bonds. The van der Waals surface area contributed by atoms with Gasteiger partial charge < -0.3 is 14.6 Å². The molecule has 0 radical (unpaired) electrons. The molecule has 2 aromatic heterocycles. The van der Waals surface area contributed by atoms with Gasteiger partial charge in [-0.15, -0.1) is 6.58 Å². The first-order chi connectivity index (χ1) is 14.6. The van der Waals surface area contributed by atoms with Gasteiger partial charge in [0.2, 0.25) is 0 Å². The summed E-state index contributed by atoms with van der Waals surface area (Å²) in [7, 11) is 1.91. The van der Waals surface area contributed by atoms with Crippen molar-refractivity contribution in [2.75, 3.05) is 31.1 Å². The minimum absolute atomic E-state index is 0.660. The molecule has 1 aromatic carbocycles. The second-order valence-electron chi connectivity index (χ2n) is 7.87. The summed E-state index contributed by atoms with van der Waals surface area (Å²) in [6, 6.07) is 8.11. The molecule has 1 aliphatic heterocycles. The summed E-state index contributed by atoms with van der Waals surface area (Å²) in [5, 5.41) is 15.5. The maximum atomic E-state index is 11.0. The predicted molar refractivity (Wildman–Crippen MR) is 118 cm³/mol. The quantitative estimate of drug-likeness (QED) is 0.611. The molecule has 1 fully saturated rings. The summed E-state index contributed by atoms with van der Waals surface area (Å²) < 4.78 is 3.82. The highest BCUT2D eigenvalue weighted by Gasteiger charge is 2.24. The standard InChI is InChI=1S/C23H30N6O/c1-4-10-29-17-19(18(2)25-29)16-27-12-14-28(15-13-27)21-8-6-5-7-20(21)22(30)23-24-9-11-26(23)3/h4-9,11,17,22,30H,1,10,12-16H2,2-3H3. The topological polar surface area (TPSA) is 62.4 Å². The van der Waals surface area contributed by atoms with Gasteiger partial charge >= 0.3 is 0 Å². The fourth-order valence-electron chi connectivity index (χ4n) is 4.11. The number of benzene rings is 1. The lowest BCUT2D eigenvalue weighted by atomic mass is 10.0. The number of aryl methyl sites for hydroxylation is 2. The third kappa shape index (κ3) is 4.17. The third-order valence-corrected chi connectivity index (χ3v) is 5.81. The van der Waals surface area contributed by atoms with Crippen molar-refractivity contribution < 1.29 is 5.11 Å². The Labute approximate surface area is 177 Å². The van der Waals surface area contributed by atoms with E-state index >= 15 is 0 Å². The number of anilines is 1. The lowest BCUT2D eigenvalue weighted by Crippen LogP contribution is -2.46. The molecule has 1 saturated heterocycles. The van der Waals surface area contributed by atoms with E-state index in [2.05, 4.69) is 45.6 Å². The lowest BCUT2D eigenvalue weighted by Gasteiger charge is -2.37. The highest BCUT2D eigenvalue weighted by atomic mass is 16.3. The first-order valence-electron chi connectivity index (χ1n) is 10.4. The van der Waals surface area contributed by atoms with E-state index in [1.165, 1.54) is 5.56 Å². The summed E-state index contributed by atoms with van der Waals surface area (Å²) in [5.74, 6) is 0.660. The molecule has 4 rings (SSSR count). The Hall–Kier alpha value is -2.90. The van der Waals surface area contributed by atoms with E-state index in [0.717, 1.165) is 56.2 Å². The van der Waals surface area contributed by atoms with Crippen LogP contribution in [0.4, 0.5) is 5.69 Å². The number of allylic oxidation sites excluding steroid dienone is 1. The van der Waals surface area contributed by atoms with Crippen molar-refractivity contribution in [2.24, 2.45) is 7.05 Å². The first-order valence-corrected chi connectivity index (χ1v) is 10.4. The fourth-order valence-corrected chi connectivity index (χ4v) is 4.11. The second kappa shape index (κ2) is 8.85. The van der Waals surface area contributed by atoms with Crippen LogP contribution in [0.15, 0.2) is 55.5 Å². The van der Waals surface area contributed by atoms with Gasteiger partial charge in [-0.3, -0.25) is 9.58 Å². The van der Waals surface area contributed by atoms with E-state index in [0.29, 0.717) is 5.82 Å². The molecule has 3 aromatic rings. The molecule has 1 unspecified atom stereocenters. The fraction of sp³-hybridized carbons (Fsp3) is 0.391. The van der Waals surface area contributed by atoms with Crippen LogP contribution in [0.3, 0.4) is 0 Å². The second-order valence-corrected chi connectivity index (χ2v) is 7.87. The number of aliphatic hydroxyl groups excluding tert-OH is 1. The van der Waals surface area contributed by atoms with Gasteiger partial charge in [-0.25, -0.2) is 4.98 Å². The summed E-state index contributed by atoms with van der Waals surface area (Å²) in [5.41, 5.74) is 4.35. The number of hydrogen-bond acceptors (Lipinski definition) is 5. The van der Waals surface area contributed by atoms with Crippen molar-refractivity contribution in [2.45, 2.75) is 26.1 Å². The Kier molecular flexibility index (Phi) is 6.01. The average Bonchev–Trinajstić information content (AvgIpc) is 3.33. The van der Waals surface area contributed by atoms with E-state index < -0.39 is 6.10 Å². The SMILES string of the molecule is C=CCn1cc(CN2CCN(c3ccccc3C(O)c3nccn3C)CC2)c(C)n1. The monoisotopic (exact) mass is 406 g/mol. The molecule has 1 aliphatic rings. The van der Waals surface area contributed by atoms with Crippen LogP contribution < -0.4 is 4.90 Å². The molecule has 158 valence electrons. The number of hydrogen-bond donors (Lipinski definition) is 1. The maximum absolute atomic E-state index is 11.0. The Morgan fingerprint density at radius 1 is 1.20 bits per heavy atom. The minimum Gasteiger partial charge on any atom is -0.380 e. The number of imidazole rings is 1. The molecule has 0 bridgehead atoms. The number of aromatic nitrogens is 4. The zero-order valence-corrected chi connectivity index (χ0v) is 17.8. The van der Waals surface area contributed by atoms with E-state index in [-0.39, 0.29) is 0 Å². The van der Waals surface area contributed by atoms with Crippen LogP contribution in [0.5, 0.6) is 0 Å². The largest absolute Gasteiger partial charge is 0.380 e. The smallest absolute Gasteiger partial charge is 0.142 e. The molecule has 7 nitrogen and oxygen atoms in total. The van der Waals surface area contributed by atoms with Crippen LogP contribution in [-0.2, 0) is 20.1 Å². The summed E-state index contributed by atoms with van der Waals surface area (Å²) in [6.07, 6.45) is 6.84. The van der Waals surface area contributed by atoms with E-state index in [9.17, 15) is 5.11 Å². The van der Waals surface area contributed by atoms with Gasteiger partial charge in [-0.1, -0.05) is 24.3 Å². The third-order valence-electron chi connectivity index (χ3n) is 5.81. The van der Waals surface area contributed by atoms with Crippen molar-refractivity contribution in [1.29, 1.82) is 0 Å². The van der Waals surface area contributed by atoms with E-state index in [1.54, 1.807) is 6.20 Å². The van der Waals surface area contributed by atoms with E-state index in [1.807, 2.05) is 46.8 Å². The molecular weight excluding hydrogens is 376 g/mol. The Morgan fingerprint density at radius 2 is 1.97 bits per heavy atom. The number of aliphatic hydroxyl groups is 1. The van der Waals surface area contributed by atoms with Crippen molar-refractivity contribution >= 4 is 5.69 Å². The molecule has 0 spiro atoms. The minimum atomic E-state index is -0.738. The number of piperazine rings is 1. The van der Waals surface area contributed by atoms with Crippen molar-refractivity contribution in [3.63, 3.8) is 0 Å². The zero-order chi connectivity index (χ0) is 21.1. The normalized spacial score (nSPS) is 16.0. The van der Waals surface area contributed by atoms with Crippen LogP contribution in [0.1, 0.15) is 28.7 Å². The van der Waals surface area contributed by atoms with Crippen LogP contribution >= 0.6 is 0 Å². The summed E-state index contributed by atoms with van der Waals surface area (Å²) >= 11 is 0. The van der Waals surface area contributed by atoms with Crippen molar-refractivity contribution in [1.82, 2.24) is 24.2 Å². The van der Waals surface area contributed by atoms with Crippen molar-refractivity contribution in [3.8, 4) is 0 Å². The number of rotatable bonds is 7. The van der Waals surface area contributed by atoms with Crippen LogP contribution in [0.25, 0.3) is 0 Å². The van der Waals surface area contributed by atoms with Gasteiger partial charge in [0.1, 0.15) is 11.9 Å². The Balaban J connectivity index is 1.44. The molecule has 3 heterocycles. The molecule has 30 heavy (non-hydrogen) atoms. The highest BCUT2D eigenvalue weighted by Crippen LogP contribution is 2.30.